The van der Waals surface area contributed by atoms with Crippen LogP contribution in [-0.4, -0.2) is 31.2 Å². The van der Waals surface area contributed by atoms with E-state index in [0.29, 0.717) is 12.8 Å². The summed E-state index contributed by atoms with van der Waals surface area (Å²) in [5, 5.41) is 0. The molecule has 0 saturated carbocycles. The lowest BCUT2D eigenvalue weighted by Crippen LogP contribution is -2.26. The second-order valence-corrected chi connectivity index (χ2v) is 3.60. The predicted octanol–water partition coefficient (Wildman–Crippen LogP) is 1.22. The van der Waals surface area contributed by atoms with Crippen molar-refractivity contribution in [1.29, 1.82) is 0 Å². The molecule has 0 aromatic heterocycles. The molecule has 0 aromatic carbocycles. The number of amides is 1. The Morgan fingerprint density at radius 3 is 2.47 bits per heavy atom. The smallest absolute Gasteiger partial charge is 0.330 e. The molecule has 0 heterocycles. The molecule has 5 nitrogen and oxygen atoms in total. The molecule has 2 N–H and O–H groups in total. The van der Waals surface area contributed by atoms with Crippen molar-refractivity contribution in [3.05, 3.63) is 11.6 Å². The van der Waals surface area contributed by atoms with Gasteiger partial charge in [0.2, 0.25) is 5.91 Å². The van der Waals surface area contributed by atoms with Crippen molar-refractivity contribution in [3.8, 4) is 0 Å². The third-order valence-corrected chi connectivity index (χ3v) is 2.18. The van der Waals surface area contributed by atoms with Crippen LogP contribution < -0.4 is 5.73 Å². The summed E-state index contributed by atoms with van der Waals surface area (Å²) in [6, 6.07) is -0.534. The van der Waals surface area contributed by atoms with Gasteiger partial charge >= 0.3 is 5.97 Å². The molecule has 96 valence electrons. The molecule has 0 radical (unpaired) electrons. The van der Waals surface area contributed by atoms with Crippen LogP contribution >= 0.6 is 0 Å². The summed E-state index contributed by atoms with van der Waals surface area (Å²) in [6.45, 7) is 3.82. The number of hydrogen-bond donors (Lipinski definition) is 1. The van der Waals surface area contributed by atoms with E-state index in [9.17, 15) is 9.59 Å². The average Bonchev–Trinajstić information content (AvgIpc) is 2.29. The van der Waals surface area contributed by atoms with Gasteiger partial charge in [-0.3, -0.25) is 9.79 Å². The van der Waals surface area contributed by atoms with E-state index in [2.05, 4.69) is 9.73 Å². The highest BCUT2D eigenvalue weighted by molar-refractivity contribution is 5.92. The van der Waals surface area contributed by atoms with E-state index < -0.39 is 17.9 Å². The van der Waals surface area contributed by atoms with Crippen LogP contribution in [-0.2, 0) is 14.3 Å². The highest BCUT2D eigenvalue weighted by Gasteiger charge is 2.09. The molecule has 0 fully saturated rings. The van der Waals surface area contributed by atoms with Crippen molar-refractivity contribution in [1.82, 2.24) is 0 Å². The van der Waals surface area contributed by atoms with E-state index in [1.807, 2.05) is 13.8 Å². The SMILES string of the molecule is CCC/C(C=N[C@@H](CC)C(N)=O)=C/C(=O)OC. The van der Waals surface area contributed by atoms with E-state index in [1.54, 1.807) is 0 Å². The Kier molecular flexibility index (Phi) is 7.67. The molecule has 5 heteroatoms. The molecule has 0 rings (SSSR count). The molecular formula is C12H20N2O3. The summed E-state index contributed by atoms with van der Waals surface area (Å²) >= 11 is 0. The van der Waals surface area contributed by atoms with Gasteiger partial charge in [0.25, 0.3) is 0 Å². The predicted molar refractivity (Wildman–Crippen MR) is 66.8 cm³/mol. The van der Waals surface area contributed by atoms with E-state index >= 15 is 0 Å². The minimum absolute atomic E-state index is 0.424. The molecular weight excluding hydrogens is 220 g/mol. The molecule has 0 saturated heterocycles. The van der Waals surface area contributed by atoms with Gasteiger partial charge < -0.3 is 10.5 Å². The highest BCUT2D eigenvalue weighted by Crippen LogP contribution is 2.04. The second-order valence-electron chi connectivity index (χ2n) is 3.60. The minimum atomic E-state index is -0.534. The average molecular weight is 240 g/mol. The first-order valence-electron chi connectivity index (χ1n) is 5.66. The van der Waals surface area contributed by atoms with Crippen LogP contribution in [0.25, 0.3) is 0 Å². The van der Waals surface area contributed by atoms with E-state index in [0.717, 1.165) is 12.0 Å². The molecule has 0 unspecified atom stereocenters. The van der Waals surface area contributed by atoms with Gasteiger partial charge in [-0.25, -0.2) is 4.79 Å². The normalized spacial score (nSPS) is 13.7. The van der Waals surface area contributed by atoms with Crippen LogP contribution in [0, 0.1) is 0 Å². The number of carbonyl (C=O) groups is 2. The van der Waals surface area contributed by atoms with E-state index in [-0.39, 0.29) is 0 Å². The zero-order valence-corrected chi connectivity index (χ0v) is 10.6. The Bertz CT molecular complexity index is 322. The first kappa shape index (κ1) is 15.3. The summed E-state index contributed by atoms with van der Waals surface area (Å²) < 4.78 is 4.54. The molecule has 0 spiro atoms. The molecule has 17 heavy (non-hydrogen) atoms. The maximum absolute atomic E-state index is 11.1. The number of ether oxygens (including phenoxy) is 1. The number of methoxy groups -OCH3 is 1. The summed E-state index contributed by atoms with van der Waals surface area (Å²) in [5.74, 6) is -0.885. The topological polar surface area (TPSA) is 81.8 Å². The van der Waals surface area contributed by atoms with Gasteiger partial charge in [0.1, 0.15) is 6.04 Å². The minimum Gasteiger partial charge on any atom is -0.466 e. The van der Waals surface area contributed by atoms with Gasteiger partial charge in [0.15, 0.2) is 0 Å². The number of hydrogen-bond acceptors (Lipinski definition) is 4. The fraction of sp³-hybridized carbons (Fsp3) is 0.583. The van der Waals surface area contributed by atoms with Crippen LogP contribution in [0.1, 0.15) is 33.1 Å². The van der Waals surface area contributed by atoms with E-state index in [4.69, 9.17) is 5.73 Å². The van der Waals surface area contributed by atoms with Crippen LogP contribution in [0.3, 0.4) is 0 Å². The van der Waals surface area contributed by atoms with Crippen molar-refractivity contribution in [3.63, 3.8) is 0 Å². The monoisotopic (exact) mass is 240 g/mol. The summed E-state index contributed by atoms with van der Waals surface area (Å²) in [5.41, 5.74) is 5.91. The molecule has 0 aliphatic carbocycles. The number of nitrogens with zero attached hydrogens (tertiary/aromatic N) is 1. The number of aliphatic imine (C=N–C) groups is 1. The number of primary amides is 1. The number of allylic oxidation sites excluding steroid dienone is 1. The molecule has 1 amide bonds. The van der Waals surface area contributed by atoms with Gasteiger partial charge in [-0.1, -0.05) is 20.3 Å². The van der Waals surface area contributed by atoms with Crippen molar-refractivity contribution in [2.45, 2.75) is 39.2 Å². The van der Waals surface area contributed by atoms with Gasteiger partial charge in [0, 0.05) is 12.3 Å². The lowest BCUT2D eigenvalue weighted by atomic mass is 10.1. The third kappa shape index (κ3) is 6.50. The Balaban J connectivity index is 4.74. The fourth-order valence-corrected chi connectivity index (χ4v) is 1.24. The summed E-state index contributed by atoms with van der Waals surface area (Å²) in [4.78, 5) is 26.1. The van der Waals surface area contributed by atoms with Crippen molar-refractivity contribution in [2.24, 2.45) is 10.7 Å². The standard InChI is InChI=1S/C12H20N2O3/c1-4-6-9(7-11(15)17-3)8-14-10(5-2)12(13)16/h7-8,10H,4-6H2,1-3H3,(H2,13,16)/b9-7-,14-8?/t10-/m0/s1. The Labute approximate surface area is 102 Å². The Morgan fingerprint density at radius 1 is 1.41 bits per heavy atom. The number of rotatable bonds is 7. The van der Waals surface area contributed by atoms with Crippen LogP contribution in [0.15, 0.2) is 16.6 Å². The van der Waals surface area contributed by atoms with Gasteiger partial charge in [0.05, 0.1) is 7.11 Å². The molecule has 1 atom stereocenters. The number of nitrogens with two attached hydrogens (primary N) is 1. The van der Waals surface area contributed by atoms with Crippen molar-refractivity contribution < 1.29 is 14.3 Å². The first-order chi connectivity index (χ1) is 8.04. The Hall–Kier alpha value is -1.65. The number of carbonyl (C=O) groups excluding carboxylic acids is 2. The zero-order valence-electron chi connectivity index (χ0n) is 10.6. The summed E-state index contributed by atoms with van der Waals surface area (Å²) in [7, 11) is 1.32. The lowest BCUT2D eigenvalue weighted by Gasteiger charge is -2.05. The molecule has 0 aliphatic rings. The maximum Gasteiger partial charge on any atom is 0.330 e. The van der Waals surface area contributed by atoms with E-state index in [1.165, 1.54) is 19.4 Å². The van der Waals surface area contributed by atoms with Crippen molar-refractivity contribution in [2.75, 3.05) is 7.11 Å². The largest absolute Gasteiger partial charge is 0.466 e. The lowest BCUT2D eigenvalue weighted by molar-refractivity contribution is -0.134. The Morgan fingerprint density at radius 2 is 2.06 bits per heavy atom. The highest BCUT2D eigenvalue weighted by atomic mass is 16.5. The number of esters is 1. The molecule has 0 bridgehead atoms. The van der Waals surface area contributed by atoms with Gasteiger partial charge in [-0.05, 0) is 18.4 Å². The van der Waals surface area contributed by atoms with Crippen LogP contribution in [0.2, 0.25) is 0 Å². The molecule has 0 aliphatic heterocycles. The quantitative estimate of drug-likeness (QED) is 0.412. The van der Waals surface area contributed by atoms with Crippen LogP contribution in [0.5, 0.6) is 0 Å². The van der Waals surface area contributed by atoms with Crippen molar-refractivity contribution >= 4 is 18.1 Å². The van der Waals surface area contributed by atoms with Crippen LogP contribution in [0.4, 0.5) is 0 Å². The van der Waals surface area contributed by atoms with Gasteiger partial charge in [-0.15, -0.1) is 0 Å². The summed E-state index contributed by atoms with van der Waals surface area (Å²) in [6.07, 6.45) is 5.03. The zero-order chi connectivity index (χ0) is 13.3. The van der Waals surface area contributed by atoms with Gasteiger partial charge in [-0.2, -0.15) is 0 Å². The second kappa shape index (κ2) is 8.50. The third-order valence-electron chi connectivity index (χ3n) is 2.18. The first-order valence-corrected chi connectivity index (χ1v) is 5.66. The molecule has 0 aromatic rings. The fourth-order valence-electron chi connectivity index (χ4n) is 1.24. The maximum atomic E-state index is 11.1.